The first-order valence-electron chi connectivity index (χ1n) is 17.8. The zero-order chi connectivity index (χ0) is 37.8. The molecule has 15 heteroatoms. The summed E-state index contributed by atoms with van der Waals surface area (Å²) in [7, 11) is 0. The van der Waals surface area contributed by atoms with Crippen LogP contribution < -0.4 is 30.7 Å². The van der Waals surface area contributed by atoms with E-state index in [1.165, 1.54) is 16.5 Å². The van der Waals surface area contributed by atoms with E-state index < -0.39 is 41.8 Å². The van der Waals surface area contributed by atoms with E-state index in [1.54, 1.807) is 25.1 Å². The Morgan fingerprint density at radius 2 is 1.58 bits per heavy atom. The number of rotatable bonds is 8. The van der Waals surface area contributed by atoms with Crippen LogP contribution >= 0.6 is 0 Å². The number of ether oxygens (including phenoxy) is 2. The third kappa shape index (κ3) is 10.8. The van der Waals surface area contributed by atoms with Crippen LogP contribution in [0, 0.1) is 5.92 Å². The van der Waals surface area contributed by atoms with Crippen molar-refractivity contribution in [2.45, 2.75) is 79.1 Å². The number of aromatic nitrogens is 3. The van der Waals surface area contributed by atoms with Crippen molar-refractivity contribution >= 4 is 29.5 Å². The quantitative estimate of drug-likeness (QED) is 0.272. The van der Waals surface area contributed by atoms with E-state index in [0.29, 0.717) is 49.2 Å². The van der Waals surface area contributed by atoms with Crippen LogP contribution in [0.5, 0.6) is 11.5 Å². The predicted octanol–water partition coefficient (Wildman–Crippen LogP) is 2.62. The molecule has 2 aromatic carbocycles. The molecule has 0 saturated heterocycles. The Balaban J connectivity index is 1.64. The van der Waals surface area contributed by atoms with Gasteiger partial charge >= 0.3 is 0 Å². The molecule has 1 aliphatic rings. The van der Waals surface area contributed by atoms with Crippen molar-refractivity contribution in [3.63, 3.8) is 0 Å². The van der Waals surface area contributed by atoms with Crippen LogP contribution in [0.3, 0.4) is 0 Å². The Hall–Kier alpha value is -5.47. The normalized spacial score (nSPS) is 19.6. The summed E-state index contributed by atoms with van der Waals surface area (Å²) in [6, 6.07) is 11.5. The number of hydrogen-bond donors (Lipinski definition) is 4. The topological polar surface area (TPSA) is 186 Å². The maximum atomic E-state index is 13.8. The zero-order valence-electron chi connectivity index (χ0n) is 30.7. The van der Waals surface area contributed by atoms with Gasteiger partial charge < -0.3 is 35.6 Å². The Morgan fingerprint density at radius 3 is 2.27 bits per heavy atom. The maximum absolute atomic E-state index is 13.8. The van der Waals surface area contributed by atoms with Gasteiger partial charge in [0.2, 0.25) is 23.6 Å². The minimum Gasteiger partial charge on any atom is -0.490 e. The molecule has 0 unspecified atom stereocenters. The lowest BCUT2D eigenvalue weighted by molar-refractivity contribution is -0.132. The van der Waals surface area contributed by atoms with Crippen molar-refractivity contribution in [1.29, 1.82) is 0 Å². The van der Waals surface area contributed by atoms with Gasteiger partial charge in [-0.2, -0.15) is 5.10 Å². The highest BCUT2D eigenvalue weighted by molar-refractivity contribution is 5.98. The largest absolute Gasteiger partial charge is 0.490 e. The van der Waals surface area contributed by atoms with Gasteiger partial charge in [-0.1, -0.05) is 44.2 Å². The number of hydrogen-bond acceptors (Lipinski definition) is 9. The summed E-state index contributed by atoms with van der Waals surface area (Å²) in [6.07, 6.45) is 0.641. The van der Waals surface area contributed by atoms with Crippen LogP contribution in [0.15, 0.2) is 48.5 Å². The second-order valence-electron chi connectivity index (χ2n) is 13.0. The van der Waals surface area contributed by atoms with E-state index in [-0.39, 0.29) is 43.6 Å². The van der Waals surface area contributed by atoms with Gasteiger partial charge in [-0.15, -0.1) is 0 Å². The van der Waals surface area contributed by atoms with Crippen LogP contribution in [-0.4, -0.2) is 94.1 Å². The molecular formula is C37H50N8O7. The summed E-state index contributed by atoms with van der Waals surface area (Å²) in [5.41, 5.74) is 1.01. The predicted molar refractivity (Wildman–Crippen MR) is 193 cm³/mol. The number of benzene rings is 2. The minimum absolute atomic E-state index is 0.0420. The molecule has 15 nitrogen and oxygen atoms in total. The Bertz CT molecular complexity index is 1710. The van der Waals surface area contributed by atoms with Crippen molar-refractivity contribution < 1.29 is 33.4 Å². The maximum Gasteiger partial charge on any atom is 0.254 e. The van der Waals surface area contributed by atoms with Crippen LogP contribution in [0.2, 0.25) is 0 Å². The first kappa shape index (κ1) is 39.3. The summed E-state index contributed by atoms with van der Waals surface area (Å²) < 4.78 is 12.8. The van der Waals surface area contributed by atoms with E-state index in [0.717, 1.165) is 5.56 Å². The molecule has 0 spiro atoms. The monoisotopic (exact) mass is 718 g/mol. The van der Waals surface area contributed by atoms with Gasteiger partial charge in [0.15, 0.2) is 17.3 Å². The molecule has 0 bridgehead atoms. The molecule has 0 aliphatic carbocycles. The van der Waals surface area contributed by atoms with Crippen molar-refractivity contribution in [3.8, 4) is 22.9 Å². The second kappa shape index (κ2) is 18.7. The van der Waals surface area contributed by atoms with E-state index >= 15 is 0 Å². The van der Waals surface area contributed by atoms with Gasteiger partial charge in [0.1, 0.15) is 24.5 Å². The van der Waals surface area contributed by atoms with Crippen molar-refractivity contribution in [2.75, 3.05) is 32.8 Å². The van der Waals surface area contributed by atoms with Gasteiger partial charge in [0.25, 0.3) is 5.91 Å². The van der Waals surface area contributed by atoms with Crippen LogP contribution in [0.1, 0.15) is 76.6 Å². The first-order valence-corrected chi connectivity index (χ1v) is 17.8. The van der Waals surface area contributed by atoms with Crippen LogP contribution in [0.4, 0.5) is 0 Å². The van der Waals surface area contributed by atoms with Gasteiger partial charge in [0.05, 0.1) is 25.8 Å². The first-order chi connectivity index (χ1) is 24.9. The number of nitrogens with zero attached hydrogens (tertiary/aromatic N) is 4. The highest BCUT2D eigenvalue weighted by Crippen LogP contribution is 2.29. The number of carbonyl (C=O) groups is 5. The lowest BCUT2D eigenvalue weighted by Crippen LogP contribution is -2.54. The molecule has 1 aromatic heterocycles. The average molecular weight is 719 g/mol. The Morgan fingerprint density at radius 1 is 0.865 bits per heavy atom. The van der Waals surface area contributed by atoms with E-state index in [2.05, 4.69) is 31.3 Å². The van der Waals surface area contributed by atoms with Crippen molar-refractivity contribution in [3.05, 3.63) is 59.9 Å². The lowest BCUT2D eigenvalue weighted by Gasteiger charge is -2.25. The number of nitrogens with one attached hydrogen (secondary N) is 4. The van der Waals surface area contributed by atoms with Crippen LogP contribution in [0.25, 0.3) is 11.4 Å². The van der Waals surface area contributed by atoms with Gasteiger partial charge in [0, 0.05) is 24.2 Å². The van der Waals surface area contributed by atoms with Crippen molar-refractivity contribution in [1.82, 2.24) is 40.9 Å². The molecule has 4 rings (SSSR count). The fraction of sp³-hybridized carbons (Fsp3) is 0.486. The molecule has 2 heterocycles. The fourth-order valence-electron chi connectivity index (χ4n) is 5.71. The summed E-state index contributed by atoms with van der Waals surface area (Å²) in [6.45, 7) is 11.3. The smallest absolute Gasteiger partial charge is 0.254 e. The summed E-state index contributed by atoms with van der Waals surface area (Å²) in [5.74, 6) is -0.721. The van der Waals surface area contributed by atoms with Crippen LogP contribution in [-0.2, 0) is 25.7 Å². The summed E-state index contributed by atoms with van der Waals surface area (Å²) in [5, 5.41) is 15.8. The highest BCUT2D eigenvalue weighted by atomic mass is 16.5. The summed E-state index contributed by atoms with van der Waals surface area (Å²) in [4.78, 5) is 73.3. The molecule has 4 N–H and O–H groups in total. The third-order valence-electron chi connectivity index (χ3n) is 8.22. The molecule has 5 amide bonds. The molecular weight excluding hydrogens is 668 g/mol. The van der Waals surface area contributed by atoms with E-state index in [9.17, 15) is 24.0 Å². The SMILES string of the molecule is CCOc1ccc(C(=O)N2CCCNC(=O)Cn3nc(-c4ccccc4)nc3[C@H](C)NC(=O)[C@@H](CC(C)C)NC(=O)[C@@H](C)NC(=O)C2)cc1OCC. The van der Waals surface area contributed by atoms with Gasteiger partial charge in [-0.3, -0.25) is 24.0 Å². The lowest BCUT2D eigenvalue weighted by atomic mass is 10.0. The number of amides is 5. The van der Waals surface area contributed by atoms with Gasteiger partial charge in [-0.25, -0.2) is 9.67 Å². The molecule has 0 radical (unpaired) electrons. The standard InChI is InChI=1S/C37H50N8O7/c1-7-51-29-16-15-27(20-30(29)52-8-2)37(50)44-18-12-17-38-31(46)22-45-34(42-33(43-45)26-13-10-9-11-14-26)24(5)40-36(49)28(19-23(3)4)41-35(48)25(6)39-32(47)21-44/h9-11,13-16,20,23-25,28H,7-8,12,17-19,21-22H2,1-6H3,(H,38,46)(H,39,47)(H,40,49)(H,41,48)/t24-,25+,28+/m0/s1. The Kier molecular flexibility index (Phi) is 14.1. The fourth-order valence-corrected chi connectivity index (χ4v) is 5.71. The molecule has 3 atom stereocenters. The van der Waals surface area contributed by atoms with Gasteiger partial charge in [-0.05, 0) is 64.7 Å². The third-order valence-corrected chi connectivity index (χ3v) is 8.22. The minimum atomic E-state index is -1.02. The molecule has 1 aliphatic heterocycles. The Labute approximate surface area is 304 Å². The zero-order valence-corrected chi connectivity index (χ0v) is 30.7. The molecule has 3 aromatic rings. The molecule has 52 heavy (non-hydrogen) atoms. The molecule has 280 valence electrons. The average Bonchev–Trinajstić information content (AvgIpc) is 3.53. The molecule has 0 fully saturated rings. The van der Waals surface area contributed by atoms with E-state index in [1.807, 2.05) is 58.0 Å². The van der Waals surface area contributed by atoms with Crippen molar-refractivity contribution in [2.24, 2.45) is 5.92 Å². The highest BCUT2D eigenvalue weighted by Gasteiger charge is 2.29. The van der Waals surface area contributed by atoms with E-state index in [4.69, 9.17) is 9.47 Å². The molecule has 0 saturated carbocycles. The summed E-state index contributed by atoms with van der Waals surface area (Å²) >= 11 is 0. The second-order valence-corrected chi connectivity index (χ2v) is 13.0. The number of carbonyl (C=O) groups excluding carboxylic acids is 5. The number of fused-ring (bicyclic) bond motifs is 1.